The second-order valence-electron chi connectivity index (χ2n) is 13.8. The lowest BCUT2D eigenvalue weighted by atomic mass is 9.80. The predicted molar refractivity (Wildman–Crippen MR) is 202 cm³/mol. The van der Waals surface area contributed by atoms with Crippen LogP contribution in [-0.4, -0.2) is 165 Å². The Morgan fingerprint density at radius 2 is 0.778 bits per heavy atom. The molecule has 0 aliphatic carbocycles. The van der Waals surface area contributed by atoms with Gasteiger partial charge in [0.1, 0.15) is 12.4 Å². The van der Waals surface area contributed by atoms with Crippen LogP contribution in [0.3, 0.4) is 0 Å². The molecule has 0 saturated carbocycles. The molecule has 0 saturated heterocycles. The molecule has 0 aliphatic rings. The third kappa shape index (κ3) is 29.2. The van der Waals surface area contributed by atoms with E-state index >= 15 is 0 Å². The van der Waals surface area contributed by atoms with E-state index < -0.39 is 6.16 Å². The van der Waals surface area contributed by atoms with Crippen LogP contribution < -0.4 is 4.74 Å². The quantitative estimate of drug-likeness (QED) is 0.0532. The predicted octanol–water partition coefficient (Wildman–Crippen LogP) is 4.58. The molecular formula is C39H70O15. The number of hydrogen-bond acceptors (Lipinski definition) is 15. The van der Waals surface area contributed by atoms with Crippen molar-refractivity contribution in [3.63, 3.8) is 0 Å². The molecule has 0 aromatic heterocycles. The number of carbonyl (C=O) groups excluding carboxylic acids is 1. The summed E-state index contributed by atoms with van der Waals surface area (Å²) in [5, 5.41) is 0. The highest BCUT2D eigenvalue weighted by Gasteiger charge is 2.23. The lowest BCUT2D eigenvalue weighted by Crippen LogP contribution is -2.19. The average molecular weight is 779 g/mol. The second kappa shape index (κ2) is 33.0. The Hall–Kier alpha value is -2.15. The molecule has 0 unspecified atom stereocenters. The van der Waals surface area contributed by atoms with Gasteiger partial charge in [-0.15, -0.1) is 0 Å². The van der Waals surface area contributed by atoms with Crippen LogP contribution in [0.2, 0.25) is 0 Å². The number of hydrogen-bond donors (Lipinski definition) is 0. The molecule has 0 aliphatic heterocycles. The first-order valence-electron chi connectivity index (χ1n) is 18.9. The van der Waals surface area contributed by atoms with E-state index in [-0.39, 0.29) is 30.8 Å². The van der Waals surface area contributed by atoms with Crippen LogP contribution in [0, 0.1) is 0 Å². The number of carbonyl (C=O) groups is 1. The summed E-state index contributed by atoms with van der Waals surface area (Å²) in [4.78, 5) is 11.9. The molecule has 0 spiro atoms. The van der Waals surface area contributed by atoms with Gasteiger partial charge in [-0.25, -0.2) is 4.79 Å². The zero-order valence-electron chi connectivity index (χ0n) is 34.1. The van der Waals surface area contributed by atoms with Gasteiger partial charge < -0.3 is 66.3 Å². The van der Waals surface area contributed by atoms with Crippen LogP contribution in [0.1, 0.15) is 52.7 Å². The third-order valence-electron chi connectivity index (χ3n) is 7.27. The van der Waals surface area contributed by atoms with E-state index in [1.807, 2.05) is 12.1 Å². The van der Waals surface area contributed by atoms with Crippen molar-refractivity contribution in [1.29, 1.82) is 0 Å². The van der Waals surface area contributed by atoms with Gasteiger partial charge in [-0.05, 0) is 28.0 Å². The summed E-state index contributed by atoms with van der Waals surface area (Å²) in [6.45, 7) is 22.8. The minimum absolute atomic E-state index is 0.0156. The third-order valence-corrected chi connectivity index (χ3v) is 7.27. The SMILES string of the molecule is COCCOCCOCCOCCOCCOCCOCCOCCOCCOCCOCCOC(=O)OCOc1ccc(C(C)(C)C)cc1C(C)(C)C. The molecule has 0 heterocycles. The van der Waals surface area contributed by atoms with Crippen molar-refractivity contribution in [2.75, 3.05) is 159 Å². The molecule has 1 aromatic carbocycles. The van der Waals surface area contributed by atoms with E-state index in [1.165, 1.54) is 5.56 Å². The van der Waals surface area contributed by atoms with Crippen molar-refractivity contribution in [3.05, 3.63) is 29.3 Å². The van der Waals surface area contributed by atoms with Gasteiger partial charge in [0, 0.05) is 7.11 Å². The van der Waals surface area contributed by atoms with Gasteiger partial charge in [-0.2, -0.15) is 0 Å². The van der Waals surface area contributed by atoms with E-state index in [2.05, 4.69) is 47.6 Å². The molecule has 1 aromatic rings. The second-order valence-corrected chi connectivity index (χ2v) is 13.8. The van der Waals surface area contributed by atoms with E-state index in [1.54, 1.807) is 7.11 Å². The molecule has 316 valence electrons. The number of ether oxygens (including phenoxy) is 14. The highest BCUT2D eigenvalue weighted by Crippen LogP contribution is 2.35. The van der Waals surface area contributed by atoms with Crippen molar-refractivity contribution in [2.45, 2.75) is 52.4 Å². The molecule has 15 heteroatoms. The fraction of sp³-hybridized carbons (Fsp3) is 0.821. The smallest absolute Gasteiger partial charge is 0.457 e. The zero-order chi connectivity index (χ0) is 39.6. The van der Waals surface area contributed by atoms with Crippen LogP contribution in [0.5, 0.6) is 5.75 Å². The maximum Gasteiger partial charge on any atom is 0.511 e. The molecule has 1 rings (SSSR count). The van der Waals surface area contributed by atoms with Crippen LogP contribution >= 0.6 is 0 Å². The maximum atomic E-state index is 11.9. The normalized spacial score (nSPS) is 12.0. The van der Waals surface area contributed by atoms with Crippen molar-refractivity contribution in [2.24, 2.45) is 0 Å². The molecule has 54 heavy (non-hydrogen) atoms. The number of benzene rings is 1. The maximum absolute atomic E-state index is 11.9. The molecule has 0 fully saturated rings. The molecule has 15 nitrogen and oxygen atoms in total. The molecule has 0 amide bonds. The lowest BCUT2D eigenvalue weighted by Gasteiger charge is -2.27. The Bertz CT molecular complexity index is 1010. The first-order chi connectivity index (χ1) is 26.1. The highest BCUT2D eigenvalue weighted by atomic mass is 16.8. The van der Waals surface area contributed by atoms with Crippen LogP contribution in [0.4, 0.5) is 4.79 Å². The van der Waals surface area contributed by atoms with Gasteiger partial charge in [-0.1, -0.05) is 53.7 Å². The minimum Gasteiger partial charge on any atom is -0.457 e. The van der Waals surface area contributed by atoms with Crippen molar-refractivity contribution >= 4 is 6.16 Å². The summed E-state index contributed by atoms with van der Waals surface area (Å²) < 4.78 is 75.2. The Morgan fingerprint density at radius 1 is 0.444 bits per heavy atom. The lowest BCUT2D eigenvalue weighted by molar-refractivity contribution is -0.0292. The monoisotopic (exact) mass is 778 g/mol. The Balaban J connectivity index is 1.79. The Labute approximate surface area is 323 Å². The van der Waals surface area contributed by atoms with Gasteiger partial charge in [0.05, 0.1) is 139 Å². The van der Waals surface area contributed by atoms with Gasteiger partial charge in [0.2, 0.25) is 6.79 Å². The Morgan fingerprint density at radius 3 is 1.09 bits per heavy atom. The standard InChI is InChI=1S/C39H70O15/c1-38(2,3)34-8-9-36(35(32-34)39(4,5)6)53-33-54-37(40)52-31-30-51-29-28-50-27-26-49-25-24-48-23-22-47-21-20-46-19-18-45-17-16-44-15-14-43-13-12-42-11-10-41-7/h8-9,32H,10-31,33H2,1-7H3. The average Bonchev–Trinajstić information content (AvgIpc) is 3.12. The summed E-state index contributed by atoms with van der Waals surface area (Å²) in [7, 11) is 1.64. The summed E-state index contributed by atoms with van der Waals surface area (Å²) in [5.74, 6) is 0.678. The molecular weight excluding hydrogens is 708 g/mol. The Kier molecular flexibility index (Phi) is 30.5. The van der Waals surface area contributed by atoms with Gasteiger partial charge in [0.25, 0.3) is 0 Å². The van der Waals surface area contributed by atoms with Crippen LogP contribution in [0.15, 0.2) is 18.2 Å². The van der Waals surface area contributed by atoms with Crippen molar-refractivity contribution in [1.82, 2.24) is 0 Å². The fourth-order valence-corrected chi connectivity index (χ4v) is 4.30. The summed E-state index contributed by atoms with van der Waals surface area (Å²) >= 11 is 0. The van der Waals surface area contributed by atoms with E-state index in [9.17, 15) is 4.79 Å². The van der Waals surface area contributed by atoms with E-state index in [0.717, 1.165) is 5.56 Å². The zero-order valence-corrected chi connectivity index (χ0v) is 34.1. The number of methoxy groups -OCH3 is 1. The van der Waals surface area contributed by atoms with Crippen LogP contribution in [0.25, 0.3) is 0 Å². The largest absolute Gasteiger partial charge is 0.511 e. The summed E-state index contributed by atoms with van der Waals surface area (Å²) in [6.07, 6.45) is -0.816. The van der Waals surface area contributed by atoms with E-state index in [4.69, 9.17) is 66.3 Å². The molecule has 0 N–H and O–H groups in total. The van der Waals surface area contributed by atoms with Gasteiger partial charge in [0.15, 0.2) is 0 Å². The van der Waals surface area contributed by atoms with Gasteiger partial charge in [-0.3, -0.25) is 0 Å². The fourth-order valence-electron chi connectivity index (χ4n) is 4.30. The topological polar surface area (TPSA) is 146 Å². The summed E-state index contributed by atoms with van der Waals surface area (Å²) in [6, 6.07) is 6.12. The molecule has 0 atom stereocenters. The van der Waals surface area contributed by atoms with Crippen molar-refractivity contribution < 1.29 is 71.1 Å². The first-order valence-corrected chi connectivity index (χ1v) is 18.9. The van der Waals surface area contributed by atoms with Crippen LogP contribution in [-0.2, 0) is 72.4 Å². The number of rotatable bonds is 36. The highest BCUT2D eigenvalue weighted by molar-refractivity contribution is 5.59. The first kappa shape index (κ1) is 49.9. The van der Waals surface area contributed by atoms with Crippen molar-refractivity contribution in [3.8, 4) is 5.75 Å². The minimum atomic E-state index is -0.816. The molecule has 0 bridgehead atoms. The summed E-state index contributed by atoms with van der Waals surface area (Å²) in [5.41, 5.74) is 2.14. The van der Waals surface area contributed by atoms with Gasteiger partial charge >= 0.3 is 6.16 Å². The molecule has 0 radical (unpaired) electrons. The van der Waals surface area contributed by atoms with E-state index in [0.29, 0.717) is 138 Å².